The second kappa shape index (κ2) is 8.13. The predicted octanol–water partition coefficient (Wildman–Crippen LogP) is 9.35. The molecule has 0 N–H and O–H groups in total. The molecule has 0 unspecified atom stereocenters. The van der Waals surface area contributed by atoms with Crippen LogP contribution >= 0.6 is 0 Å². The summed E-state index contributed by atoms with van der Waals surface area (Å²) in [4.78, 5) is 8.77. The van der Waals surface area contributed by atoms with Crippen molar-refractivity contribution < 1.29 is 0 Å². The van der Waals surface area contributed by atoms with Crippen LogP contribution in [0, 0.1) is 0 Å². The molecule has 208 valence electrons. The van der Waals surface area contributed by atoms with Gasteiger partial charge < -0.3 is 9.13 Å². The number of aromatic nitrogens is 4. The summed E-state index contributed by atoms with van der Waals surface area (Å²) in [5.41, 5.74) is 14.5. The van der Waals surface area contributed by atoms with Crippen LogP contribution in [0.15, 0.2) is 146 Å². The first kappa shape index (κ1) is 23.5. The molecule has 1 aliphatic carbocycles. The highest BCUT2D eigenvalue weighted by molar-refractivity contribution is 6.15. The average Bonchev–Trinajstić information content (AvgIpc) is 3.72. The van der Waals surface area contributed by atoms with Gasteiger partial charge in [-0.3, -0.25) is 0 Å². The van der Waals surface area contributed by atoms with E-state index in [4.69, 9.17) is 0 Å². The molecule has 4 heterocycles. The fourth-order valence-electron chi connectivity index (χ4n) is 8.71. The average molecular weight is 573 g/mol. The van der Waals surface area contributed by atoms with Crippen LogP contribution in [0.4, 0.5) is 0 Å². The van der Waals surface area contributed by atoms with Gasteiger partial charge in [-0.25, -0.2) is 9.97 Å². The van der Waals surface area contributed by atoms with Crippen molar-refractivity contribution in [2.24, 2.45) is 0 Å². The van der Waals surface area contributed by atoms with Crippen LogP contribution in [0.1, 0.15) is 22.3 Å². The maximum Gasteiger partial charge on any atom is 0.115 e. The van der Waals surface area contributed by atoms with Crippen molar-refractivity contribution in [2.45, 2.75) is 5.41 Å². The van der Waals surface area contributed by atoms with Crippen molar-refractivity contribution in [2.75, 3.05) is 0 Å². The third-order valence-corrected chi connectivity index (χ3v) is 10.3. The van der Waals surface area contributed by atoms with E-state index >= 15 is 0 Å². The molecular weight excluding hydrogens is 548 g/mol. The second-order valence-corrected chi connectivity index (χ2v) is 12.2. The molecule has 0 radical (unpaired) electrons. The highest BCUT2D eigenvalue weighted by Crippen LogP contribution is 2.61. The van der Waals surface area contributed by atoms with E-state index in [9.17, 15) is 0 Å². The SMILES string of the molecule is c1ccc2c(c1)-c1cc3c(cc1[C@@]21c2ccccc2-n2c4ccccc4c4cccc1c42)c1ccccc1n3-c1cncnc1. The summed E-state index contributed by atoms with van der Waals surface area (Å²) in [7, 11) is 0. The molecule has 0 saturated heterocycles. The number of fused-ring (bicyclic) bond motifs is 15. The molecule has 1 spiro atoms. The minimum absolute atomic E-state index is 0.473. The van der Waals surface area contributed by atoms with E-state index in [-0.39, 0.29) is 0 Å². The quantitative estimate of drug-likeness (QED) is 0.196. The lowest BCUT2D eigenvalue weighted by Crippen LogP contribution is -2.33. The molecule has 2 aliphatic rings. The van der Waals surface area contributed by atoms with Crippen molar-refractivity contribution in [1.82, 2.24) is 19.1 Å². The van der Waals surface area contributed by atoms with Crippen LogP contribution in [0.5, 0.6) is 0 Å². The second-order valence-electron chi connectivity index (χ2n) is 12.2. The smallest absolute Gasteiger partial charge is 0.115 e. The van der Waals surface area contributed by atoms with Crippen LogP contribution in [-0.2, 0) is 5.41 Å². The number of benzene rings is 6. The maximum absolute atomic E-state index is 4.38. The Morgan fingerprint density at radius 2 is 1.09 bits per heavy atom. The number of rotatable bonds is 1. The van der Waals surface area contributed by atoms with Crippen LogP contribution in [0.25, 0.3) is 66.1 Å². The minimum atomic E-state index is -0.473. The summed E-state index contributed by atoms with van der Waals surface area (Å²) in [6.07, 6.45) is 5.40. The van der Waals surface area contributed by atoms with E-state index in [0.29, 0.717) is 0 Å². The van der Waals surface area contributed by atoms with Crippen molar-refractivity contribution >= 4 is 43.6 Å². The van der Waals surface area contributed by atoms with Crippen LogP contribution in [0.3, 0.4) is 0 Å². The standard InChI is InChI=1S/C41H24N4/c1-4-14-32-26(10-1)30-21-39-31(28-12-3-6-17-36(28)44(39)25-22-42-24-43-23-25)20-35(30)41(32)33-15-5-8-19-38(33)45-37-18-7-2-11-27(37)29-13-9-16-34(41)40(29)45/h1-24H/t41-/m1/s1. The minimum Gasteiger partial charge on any atom is -0.309 e. The molecule has 6 aromatic carbocycles. The van der Waals surface area contributed by atoms with Gasteiger partial charge in [-0.15, -0.1) is 0 Å². The van der Waals surface area contributed by atoms with Crippen LogP contribution in [-0.4, -0.2) is 19.1 Å². The number of hydrogen-bond acceptors (Lipinski definition) is 2. The van der Waals surface area contributed by atoms with Gasteiger partial charge in [0.25, 0.3) is 0 Å². The van der Waals surface area contributed by atoms with E-state index in [2.05, 4.69) is 146 Å². The molecule has 4 heteroatoms. The van der Waals surface area contributed by atoms with Gasteiger partial charge in [0.1, 0.15) is 6.33 Å². The number of hydrogen-bond donors (Lipinski definition) is 0. The molecule has 45 heavy (non-hydrogen) atoms. The molecule has 0 fully saturated rings. The molecule has 9 aromatic rings. The summed E-state index contributed by atoms with van der Waals surface area (Å²) in [6.45, 7) is 0. The third-order valence-electron chi connectivity index (χ3n) is 10.3. The van der Waals surface area contributed by atoms with Crippen molar-refractivity contribution in [1.29, 1.82) is 0 Å². The Morgan fingerprint density at radius 3 is 1.93 bits per heavy atom. The first-order valence-corrected chi connectivity index (χ1v) is 15.4. The third kappa shape index (κ3) is 2.66. The van der Waals surface area contributed by atoms with Gasteiger partial charge in [0, 0.05) is 21.5 Å². The highest BCUT2D eigenvalue weighted by atomic mass is 15.0. The highest BCUT2D eigenvalue weighted by Gasteiger charge is 2.51. The monoisotopic (exact) mass is 572 g/mol. The van der Waals surface area contributed by atoms with Crippen LogP contribution < -0.4 is 0 Å². The Kier molecular flexibility index (Phi) is 4.24. The Hall–Kier alpha value is -6.00. The van der Waals surface area contributed by atoms with Crippen molar-refractivity contribution in [3.8, 4) is 22.5 Å². The van der Waals surface area contributed by atoms with Gasteiger partial charge >= 0.3 is 0 Å². The first-order chi connectivity index (χ1) is 22.4. The maximum atomic E-state index is 4.38. The Morgan fingerprint density at radius 1 is 0.444 bits per heavy atom. The Bertz CT molecular complexity index is 2710. The van der Waals surface area contributed by atoms with Gasteiger partial charge in [0.15, 0.2) is 0 Å². The Labute approximate surface area is 258 Å². The fourth-order valence-corrected chi connectivity index (χ4v) is 8.71. The predicted molar refractivity (Wildman–Crippen MR) is 182 cm³/mol. The van der Waals surface area contributed by atoms with Crippen molar-refractivity contribution in [3.63, 3.8) is 0 Å². The van der Waals surface area contributed by atoms with Gasteiger partial charge in [-0.2, -0.15) is 0 Å². The van der Waals surface area contributed by atoms with Gasteiger partial charge in [-0.1, -0.05) is 97.1 Å². The lowest BCUT2D eigenvalue weighted by molar-refractivity contribution is 0.749. The zero-order valence-corrected chi connectivity index (χ0v) is 24.1. The normalized spacial score (nSPS) is 16.1. The number of para-hydroxylation sites is 4. The summed E-state index contributed by atoms with van der Waals surface area (Å²) in [5, 5.41) is 5.04. The van der Waals surface area contributed by atoms with E-state index < -0.39 is 5.41 Å². The van der Waals surface area contributed by atoms with Gasteiger partial charge in [0.2, 0.25) is 0 Å². The molecule has 1 atom stereocenters. The largest absolute Gasteiger partial charge is 0.309 e. The molecule has 0 bridgehead atoms. The molecule has 1 aliphatic heterocycles. The zero-order valence-electron chi connectivity index (χ0n) is 24.1. The molecule has 4 nitrogen and oxygen atoms in total. The topological polar surface area (TPSA) is 35.6 Å². The summed E-state index contributed by atoms with van der Waals surface area (Å²) in [6, 6.07) is 47.4. The zero-order chi connectivity index (χ0) is 29.3. The van der Waals surface area contributed by atoms with E-state index in [1.165, 1.54) is 71.6 Å². The molecule has 3 aromatic heterocycles. The summed E-state index contributed by atoms with van der Waals surface area (Å²) in [5.74, 6) is 0. The Balaban J connectivity index is 1.37. The lowest BCUT2D eigenvalue weighted by atomic mass is 9.65. The number of nitrogens with zero attached hydrogens (tertiary/aromatic N) is 4. The molecule has 0 saturated carbocycles. The molecule has 11 rings (SSSR count). The van der Waals surface area contributed by atoms with Crippen LogP contribution in [0.2, 0.25) is 0 Å². The first-order valence-electron chi connectivity index (χ1n) is 15.4. The van der Waals surface area contributed by atoms with Gasteiger partial charge in [0.05, 0.1) is 51.3 Å². The lowest BCUT2D eigenvalue weighted by Gasteiger charge is -2.39. The van der Waals surface area contributed by atoms with E-state index in [0.717, 1.165) is 16.7 Å². The fraction of sp³-hybridized carbons (Fsp3) is 0.0244. The van der Waals surface area contributed by atoms with E-state index in [1.54, 1.807) is 6.33 Å². The molecular formula is C41H24N4. The summed E-state index contributed by atoms with van der Waals surface area (Å²) < 4.78 is 4.81. The molecule has 0 amide bonds. The van der Waals surface area contributed by atoms with Crippen molar-refractivity contribution in [3.05, 3.63) is 168 Å². The van der Waals surface area contributed by atoms with E-state index in [1.807, 2.05) is 12.4 Å². The summed E-state index contributed by atoms with van der Waals surface area (Å²) >= 11 is 0. The van der Waals surface area contributed by atoms with Gasteiger partial charge in [-0.05, 0) is 63.7 Å².